The van der Waals surface area contributed by atoms with Crippen LogP contribution in [0.1, 0.15) is 39.5 Å². The molecule has 0 saturated heterocycles. The molecule has 0 aromatic heterocycles. The van der Waals surface area contributed by atoms with Crippen LogP contribution in [-0.4, -0.2) is 37.5 Å². The highest BCUT2D eigenvalue weighted by atomic mass is 16.5. The predicted molar refractivity (Wildman–Crippen MR) is 59.5 cm³/mol. The quantitative estimate of drug-likeness (QED) is 0.529. The largest absolute Gasteiger partial charge is 0.396 e. The lowest BCUT2D eigenvalue weighted by atomic mass is 10.2. The third kappa shape index (κ3) is 9.96. The molecule has 3 heteroatoms. The Morgan fingerprint density at radius 1 is 1.29 bits per heavy atom. The van der Waals surface area contributed by atoms with Gasteiger partial charge in [-0.2, -0.15) is 0 Å². The van der Waals surface area contributed by atoms with E-state index < -0.39 is 0 Å². The predicted octanol–water partition coefficient (Wildman–Crippen LogP) is 1.55. The van der Waals surface area contributed by atoms with Gasteiger partial charge in [-0.3, -0.25) is 0 Å². The van der Waals surface area contributed by atoms with Gasteiger partial charge in [-0.25, -0.2) is 0 Å². The van der Waals surface area contributed by atoms with Crippen LogP contribution < -0.4 is 5.32 Å². The van der Waals surface area contributed by atoms with Gasteiger partial charge in [0.1, 0.15) is 0 Å². The maximum Gasteiger partial charge on any atom is 0.0671 e. The van der Waals surface area contributed by atoms with E-state index in [2.05, 4.69) is 19.2 Å². The summed E-state index contributed by atoms with van der Waals surface area (Å²) in [7, 11) is 0. The summed E-state index contributed by atoms with van der Waals surface area (Å²) in [5.41, 5.74) is 0. The Bertz CT molecular complexity index is 109. The molecule has 0 aromatic carbocycles. The van der Waals surface area contributed by atoms with E-state index in [-0.39, 0.29) is 0 Å². The van der Waals surface area contributed by atoms with Crippen LogP contribution in [0.3, 0.4) is 0 Å². The number of unbranched alkanes of at least 4 members (excludes halogenated alkanes) is 2. The summed E-state index contributed by atoms with van der Waals surface area (Å²) in [5.74, 6) is 0. The topological polar surface area (TPSA) is 41.5 Å². The molecule has 86 valence electrons. The fourth-order valence-electron chi connectivity index (χ4n) is 1.22. The molecule has 0 bridgehead atoms. The molecule has 2 N–H and O–H groups in total. The van der Waals surface area contributed by atoms with Gasteiger partial charge in [0.15, 0.2) is 0 Å². The number of aliphatic hydroxyl groups is 1. The number of hydrogen-bond acceptors (Lipinski definition) is 3. The van der Waals surface area contributed by atoms with E-state index in [1.807, 2.05) is 0 Å². The van der Waals surface area contributed by atoms with Crippen LogP contribution in [0.25, 0.3) is 0 Å². The first-order valence-electron chi connectivity index (χ1n) is 5.74. The van der Waals surface area contributed by atoms with Crippen molar-refractivity contribution in [3.05, 3.63) is 0 Å². The van der Waals surface area contributed by atoms with Crippen LogP contribution >= 0.6 is 0 Å². The van der Waals surface area contributed by atoms with Crippen LogP contribution in [-0.2, 0) is 4.74 Å². The van der Waals surface area contributed by atoms with Gasteiger partial charge in [0, 0.05) is 19.8 Å². The standard InChI is InChI=1S/C11H25NO2/c1-3-9-14-11(2)10-12-7-5-4-6-8-13/h11-13H,3-10H2,1-2H3. The van der Waals surface area contributed by atoms with Crippen molar-refractivity contribution in [1.82, 2.24) is 5.32 Å². The second-order valence-corrected chi connectivity index (χ2v) is 3.67. The summed E-state index contributed by atoms with van der Waals surface area (Å²) in [6, 6.07) is 0. The first-order valence-corrected chi connectivity index (χ1v) is 5.74. The van der Waals surface area contributed by atoms with Gasteiger partial charge in [-0.05, 0) is 39.2 Å². The lowest BCUT2D eigenvalue weighted by molar-refractivity contribution is 0.0664. The second-order valence-electron chi connectivity index (χ2n) is 3.67. The molecule has 3 nitrogen and oxygen atoms in total. The number of rotatable bonds is 10. The molecule has 1 atom stereocenters. The Morgan fingerprint density at radius 3 is 2.71 bits per heavy atom. The zero-order valence-electron chi connectivity index (χ0n) is 9.59. The summed E-state index contributed by atoms with van der Waals surface area (Å²) in [6.45, 7) is 7.34. The summed E-state index contributed by atoms with van der Waals surface area (Å²) in [5, 5.41) is 11.9. The van der Waals surface area contributed by atoms with E-state index in [0.29, 0.717) is 12.7 Å². The number of aliphatic hydroxyl groups excluding tert-OH is 1. The first-order chi connectivity index (χ1) is 6.81. The first kappa shape index (κ1) is 13.9. The van der Waals surface area contributed by atoms with Crippen molar-refractivity contribution >= 4 is 0 Å². The SMILES string of the molecule is CCCOC(C)CNCCCCCO. The summed E-state index contributed by atoms with van der Waals surface area (Å²) in [4.78, 5) is 0. The lowest BCUT2D eigenvalue weighted by Gasteiger charge is -2.13. The van der Waals surface area contributed by atoms with Gasteiger partial charge in [-0.1, -0.05) is 6.92 Å². The van der Waals surface area contributed by atoms with E-state index in [1.54, 1.807) is 0 Å². The van der Waals surface area contributed by atoms with Gasteiger partial charge in [0.25, 0.3) is 0 Å². The molecule has 0 saturated carbocycles. The van der Waals surface area contributed by atoms with Gasteiger partial charge in [0.05, 0.1) is 6.10 Å². The summed E-state index contributed by atoms with van der Waals surface area (Å²) >= 11 is 0. The number of ether oxygens (including phenoxy) is 1. The molecule has 0 radical (unpaired) electrons. The normalized spacial score (nSPS) is 13.1. The number of nitrogens with one attached hydrogen (secondary N) is 1. The van der Waals surface area contributed by atoms with Crippen molar-refractivity contribution in [2.24, 2.45) is 0 Å². The molecular formula is C11H25NO2. The smallest absolute Gasteiger partial charge is 0.0671 e. The minimum Gasteiger partial charge on any atom is -0.396 e. The van der Waals surface area contributed by atoms with Crippen molar-refractivity contribution < 1.29 is 9.84 Å². The molecule has 0 spiro atoms. The maximum absolute atomic E-state index is 8.57. The molecular weight excluding hydrogens is 178 g/mol. The Kier molecular flexibility index (Phi) is 10.9. The van der Waals surface area contributed by atoms with Crippen LogP contribution in [0, 0.1) is 0 Å². The molecule has 14 heavy (non-hydrogen) atoms. The second kappa shape index (κ2) is 11.0. The van der Waals surface area contributed by atoms with Gasteiger partial charge in [0.2, 0.25) is 0 Å². The van der Waals surface area contributed by atoms with Crippen molar-refractivity contribution in [3.63, 3.8) is 0 Å². The average molecular weight is 203 g/mol. The minimum absolute atomic E-state index is 0.313. The lowest BCUT2D eigenvalue weighted by Crippen LogP contribution is -2.27. The highest BCUT2D eigenvalue weighted by Crippen LogP contribution is 1.93. The highest BCUT2D eigenvalue weighted by molar-refractivity contribution is 4.55. The van der Waals surface area contributed by atoms with Crippen molar-refractivity contribution in [3.8, 4) is 0 Å². The molecule has 0 rings (SSSR count). The third-order valence-corrected chi connectivity index (χ3v) is 2.05. The Labute approximate surface area is 87.8 Å². The molecule has 0 fully saturated rings. The van der Waals surface area contributed by atoms with Crippen LogP contribution in [0.4, 0.5) is 0 Å². The molecule has 0 amide bonds. The van der Waals surface area contributed by atoms with Crippen molar-refractivity contribution in [2.75, 3.05) is 26.3 Å². The molecule has 0 heterocycles. The van der Waals surface area contributed by atoms with Crippen molar-refractivity contribution in [2.45, 2.75) is 45.6 Å². The van der Waals surface area contributed by atoms with Crippen LogP contribution in [0.5, 0.6) is 0 Å². The molecule has 0 aromatic rings. The maximum atomic E-state index is 8.57. The number of hydrogen-bond donors (Lipinski definition) is 2. The zero-order valence-corrected chi connectivity index (χ0v) is 9.59. The van der Waals surface area contributed by atoms with Gasteiger partial charge < -0.3 is 15.2 Å². The van der Waals surface area contributed by atoms with E-state index in [9.17, 15) is 0 Å². The molecule has 0 aliphatic carbocycles. The Morgan fingerprint density at radius 2 is 2.07 bits per heavy atom. The average Bonchev–Trinajstić information content (AvgIpc) is 2.20. The Balaban J connectivity index is 3.02. The fourth-order valence-corrected chi connectivity index (χ4v) is 1.22. The molecule has 1 unspecified atom stereocenters. The van der Waals surface area contributed by atoms with Gasteiger partial charge in [-0.15, -0.1) is 0 Å². The monoisotopic (exact) mass is 203 g/mol. The van der Waals surface area contributed by atoms with E-state index in [0.717, 1.165) is 45.4 Å². The van der Waals surface area contributed by atoms with E-state index in [1.165, 1.54) is 0 Å². The van der Waals surface area contributed by atoms with Gasteiger partial charge >= 0.3 is 0 Å². The fraction of sp³-hybridized carbons (Fsp3) is 1.00. The van der Waals surface area contributed by atoms with Crippen LogP contribution in [0.15, 0.2) is 0 Å². The molecule has 0 aliphatic heterocycles. The van der Waals surface area contributed by atoms with E-state index >= 15 is 0 Å². The van der Waals surface area contributed by atoms with Crippen LogP contribution in [0.2, 0.25) is 0 Å². The Hall–Kier alpha value is -0.120. The molecule has 0 aliphatic rings. The van der Waals surface area contributed by atoms with E-state index in [4.69, 9.17) is 9.84 Å². The zero-order chi connectivity index (χ0) is 10.6. The summed E-state index contributed by atoms with van der Waals surface area (Å²) in [6.07, 6.45) is 4.56. The third-order valence-electron chi connectivity index (χ3n) is 2.05. The minimum atomic E-state index is 0.313. The van der Waals surface area contributed by atoms with Crippen molar-refractivity contribution in [1.29, 1.82) is 0 Å². The highest BCUT2D eigenvalue weighted by Gasteiger charge is 1.99. The summed E-state index contributed by atoms with van der Waals surface area (Å²) < 4.78 is 5.52.